The first-order valence-electron chi connectivity index (χ1n) is 7.27. The average Bonchev–Trinajstić information content (AvgIpc) is 2.35. The van der Waals surface area contributed by atoms with Crippen molar-refractivity contribution in [3.05, 3.63) is 29.8 Å². The van der Waals surface area contributed by atoms with Gasteiger partial charge in [0.05, 0.1) is 12.6 Å². The van der Waals surface area contributed by atoms with Gasteiger partial charge in [-0.3, -0.25) is 0 Å². The predicted octanol–water partition coefficient (Wildman–Crippen LogP) is 2.36. The number of aliphatic hydroxyl groups is 1. The predicted molar refractivity (Wildman–Crippen MR) is 89.5 cm³/mol. The van der Waals surface area contributed by atoms with Gasteiger partial charge in [0, 0.05) is 5.30 Å². The van der Waals surface area contributed by atoms with Crippen LogP contribution >= 0.6 is 7.14 Å². The van der Waals surface area contributed by atoms with Crippen molar-refractivity contribution >= 4 is 18.5 Å². The highest BCUT2D eigenvalue weighted by atomic mass is 31.2. The summed E-state index contributed by atoms with van der Waals surface area (Å²) >= 11 is 0. The Morgan fingerprint density at radius 3 is 2.41 bits per heavy atom. The van der Waals surface area contributed by atoms with Crippen LogP contribution < -0.4 is 10.6 Å². The molecule has 0 fully saturated rings. The van der Waals surface area contributed by atoms with E-state index in [0.717, 1.165) is 10.9 Å². The van der Waals surface area contributed by atoms with E-state index >= 15 is 0 Å². The van der Waals surface area contributed by atoms with Gasteiger partial charge in [-0.2, -0.15) is 0 Å². The summed E-state index contributed by atoms with van der Waals surface area (Å²) in [6.45, 7) is 8.54. The molecule has 0 aliphatic rings. The molecule has 0 aliphatic carbocycles. The summed E-state index contributed by atoms with van der Waals surface area (Å²) in [5, 5.41) is 12.9. The third-order valence-electron chi connectivity index (χ3n) is 2.98. The molecule has 0 bridgehead atoms. The summed E-state index contributed by atoms with van der Waals surface area (Å²) < 4.78 is 17.5. The lowest BCUT2D eigenvalue weighted by atomic mass is 10.1. The Kier molecular flexibility index (Phi) is 6.21. The molecule has 6 heteroatoms. The fourth-order valence-corrected chi connectivity index (χ4v) is 3.41. The molecule has 0 spiro atoms. The average molecular weight is 327 g/mol. The second-order valence-corrected chi connectivity index (χ2v) is 9.89. The highest BCUT2D eigenvalue weighted by molar-refractivity contribution is 7.70. The molecule has 0 heterocycles. The van der Waals surface area contributed by atoms with Crippen LogP contribution in [0.2, 0.25) is 0 Å². The van der Waals surface area contributed by atoms with E-state index in [0.29, 0.717) is 6.42 Å². The van der Waals surface area contributed by atoms with Gasteiger partial charge in [-0.15, -0.1) is 0 Å². The topological polar surface area (TPSA) is 75.6 Å². The minimum absolute atomic E-state index is 0.217. The van der Waals surface area contributed by atoms with Crippen LogP contribution in [0.4, 0.5) is 4.79 Å². The van der Waals surface area contributed by atoms with E-state index in [1.165, 1.54) is 0 Å². The number of hydrogen-bond donors (Lipinski definition) is 2. The maximum absolute atomic E-state index is 12.3. The highest BCUT2D eigenvalue weighted by Gasteiger charge is 2.22. The first kappa shape index (κ1) is 18.7. The van der Waals surface area contributed by atoms with Gasteiger partial charge in [0.1, 0.15) is 12.7 Å². The molecule has 2 N–H and O–H groups in total. The van der Waals surface area contributed by atoms with E-state index in [4.69, 9.17) is 4.74 Å². The Morgan fingerprint density at radius 2 is 1.91 bits per heavy atom. The summed E-state index contributed by atoms with van der Waals surface area (Å²) in [4.78, 5) is 11.8. The Bertz CT molecular complexity index is 560. The maximum atomic E-state index is 12.3. The fraction of sp³-hybridized carbons (Fsp3) is 0.562. The number of nitrogens with one attached hydrogen (secondary N) is 1. The number of amides is 1. The van der Waals surface area contributed by atoms with E-state index in [1.54, 1.807) is 34.1 Å². The van der Waals surface area contributed by atoms with Gasteiger partial charge in [0.25, 0.3) is 0 Å². The lowest BCUT2D eigenvalue weighted by molar-refractivity contribution is 0.0483. The number of hydrogen-bond acceptors (Lipinski definition) is 4. The minimum atomic E-state index is -2.42. The number of alkyl carbamates (subject to hydrolysis) is 1. The van der Waals surface area contributed by atoms with Crippen molar-refractivity contribution in [1.29, 1.82) is 0 Å². The van der Waals surface area contributed by atoms with E-state index in [9.17, 15) is 14.5 Å². The van der Waals surface area contributed by atoms with Gasteiger partial charge >= 0.3 is 6.09 Å². The van der Waals surface area contributed by atoms with Crippen LogP contribution in [0.3, 0.4) is 0 Å². The van der Waals surface area contributed by atoms with Gasteiger partial charge in [0.2, 0.25) is 0 Å². The van der Waals surface area contributed by atoms with Crippen LogP contribution in [0.5, 0.6) is 0 Å². The third-order valence-corrected chi connectivity index (χ3v) is 4.58. The molecule has 0 aromatic heterocycles. The molecule has 1 aromatic rings. The largest absolute Gasteiger partial charge is 0.444 e. The van der Waals surface area contributed by atoms with Crippen LogP contribution in [0.15, 0.2) is 24.3 Å². The van der Waals surface area contributed by atoms with Crippen molar-refractivity contribution in [3.63, 3.8) is 0 Å². The molecular weight excluding hydrogens is 301 g/mol. The molecule has 1 rings (SSSR count). The molecule has 0 saturated carbocycles. The van der Waals surface area contributed by atoms with Crippen molar-refractivity contribution in [1.82, 2.24) is 5.32 Å². The first-order valence-corrected chi connectivity index (χ1v) is 9.87. The quantitative estimate of drug-likeness (QED) is 0.814. The summed E-state index contributed by atoms with van der Waals surface area (Å²) in [6, 6.07) is 6.92. The number of rotatable bonds is 5. The minimum Gasteiger partial charge on any atom is -0.444 e. The van der Waals surface area contributed by atoms with Crippen LogP contribution in [-0.2, 0) is 15.7 Å². The monoisotopic (exact) mass is 327 g/mol. The lowest BCUT2D eigenvalue weighted by Crippen LogP contribution is -2.42. The normalized spacial score (nSPS) is 13.5. The Hall–Kier alpha value is -1.32. The van der Waals surface area contributed by atoms with Crippen molar-refractivity contribution in [2.75, 3.05) is 19.9 Å². The molecule has 22 heavy (non-hydrogen) atoms. The Balaban J connectivity index is 2.84. The zero-order valence-corrected chi connectivity index (χ0v) is 14.8. The molecular formula is C16H26NO4P. The van der Waals surface area contributed by atoms with E-state index in [1.807, 2.05) is 24.3 Å². The smallest absolute Gasteiger partial charge is 0.407 e. The zero-order valence-electron chi connectivity index (χ0n) is 13.9. The van der Waals surface area contributed by atoms with Crippen molar-refractivity contribution < 1.29 is 19.2 Å². The molecule has 0 saturated heterocycles. The second-order valence-electron chi connectivity index (χ2n) is 6.71. The van der Waals surface area contributed by atoms with Crippen LogP contribution in [0.1, 0.15) is 26.3 Å². The van der Waals surface area contributed by atoms with Crippen molar-refractivity contribution in [2.45, 2.75) is 38.8 Å². The SMILES string of the molecule is CC(C)(C)OC(=O)NC(CO)Cc1ccccc1P(C)(C)=O. The molecule has 0 radical (unpaired) electrons. The zero-order chi connectivity index (χ0) is 17.0. The van der Waals surface area contributed by atoms with Gasteiger partial charge < -0.3 is 19.7 Å². The fourth-order valence-electron chi connectivity index (χ4n) is 2.11. The number of benzene rings is 1. The van der Waals surface area contributed by atoms with Crippen molar-refractivity contribution in [2.24, 2.45) is 0 Å². The third kappa shape index (κ3) is 6.20. The van der Waals surface area contributed by atoms with Crippen LogP contribution in [-0.4, -0.2) is 42.8 Å². The molecule has 1 atom stereocenters. The number of carbonyl (C=O) groups excluding carboxylic acids is 1. The van der Waals surface area contributed by atoms with E-state index in [-0.39, 0.29) is 6.61 Å². The van der Waals surface area contributed by atoms with Crippen LogP contribution in [0, 0.1) is 0 Å². The molecule has 1 unspecified atom stereocenters. The Labute approximate surface area is 132 Å². The van der Waals surface area contributed by atoms with Crippen molar-refractivity contribution in [3.8, 4) is 0 Å². The standard InChI is InChI=1S/C16H26NO4P/c1-16(2,3)21-15(19)17-13(11-18)10-12-8-6-7-9-14(12)22(4,5)20/h6-9,13,18H,10-11H2,1-5H3,(H,17,19). The molecule has 1 amide bonds. The summed E-state index contributed by atoms with van der Waals surface area (Å²) in [7, 11) is -2.42. The molecule has 0 aliphatic heterocycles. The summed E-state index contributed by atoms with van der Waals surface area (Å²) in [6.07, 6.45) is -0.169. The summed E-state index contributed by atoms with van der Waals surface area (Å²) in [5.41, 5.74) is 0.274. The Morgan fingerprint density at radius 1 is 1.32 bits per heavy atom. The second kappa shape index (κ2) is 7.30. The molecule has 1 aromatic carbocycles. The first-order chi connectivity index (χ1) is 10.0. The van der Waals surface area contributed by atoms with Gasteiger partial charge in [-0.05, 0) is 46.1 Å². The molecule has 124 valence electrons. The summed E-state index contributed by atoms with van der Waals surface area (Å²) in [5.74, 6) is 0. The van der Waals surface area contributed by atoms with Gasteiger partial charge in [-0.25, -0.2) is 4.79 Å². The highest BCUT2D eigenvalue weighted by Crippen LogP contribution is 2.36. The van der Waals surface area contributed by atoms with E-state index in [2.05, 4.69) is 5.32 Å². The number of aliphatic hydroxyl groups excluding tert-OH is 1. The lowest BCUT2D eigenvalue weighted by Gasteiger charge is -2.23. The van der Waals surface area contributed by atoms with E-state index < -0.39 is 24.9 Å². The maximum Gasteiger partial charge on any atom is 0.407 e. The number of carbonyl (C=O) groups is 1. The van der Waals surface area contributed by atoms with Gasteiger partial charge in [-0.1, -0.05) is 24.3 Å². The molecule has 5 nitrogen and oxygen atoms in total. The number of ether oxygens (including phenoxy) is 1. The van der Waals surface area contributed by atoms with Gasteiger partial charge in [0.15, 0.2) is 0 Å². The van der Waals surface area contributed by atoms with Crippen LogP contribution in [0.25, 0.3) is 0 Å².